The summed E-state index contributed by atoms with van der Waals surface area (Å²) >= 11 is 0. The first-order valence-corrected chi connectivity index (χ1v) is 8.92. The zero-order valence-electron chi connectivity index (χ0n) is 15.9. The largest absolute Gasteiger partial charge is 0.480 e. The van der Waals surface area contributed by atoms with Gasteiger partial charge in [0.25, 0.3) is 0 Å². The van der Waals surface area contributed by atoms with Crippen LogP contribution in [-0.4, -0.2) is 65.9 Å². The number of rotatable bonds is 14. The highest BCUT2D eigenvalue weighted by Gasteiger charge is 2.25. The predicted molar refractivity (Wildman–Crippen MR) is 99.5 cm³/mol. The van der Waals surface area contributed by atoms with Gasteiger partial charge < -0.3 is 38.3 Å². The first-order chi connectivity index (χ1) is 13.1. The number of nitrogens with two attached hydrogens (primary N) is 3. The zero-order valence-corrected chi connectivity index (χ0v) is 15.9. The maximum absolute atomic E-state index is 12.1. The Hall–Kier alpha value is -2.73. The third-order valence-electron chi connectivity index (χ3n) is 3.79. The molecule has 0 spiro atoms. The molecule has 0 rings (SSSR count). The molecule has 0 aromatic carbocycles. The number of unbranched alkanes of at least 4 members (excludes halogenated alkanes) is 1. The van der Waals surface area contributed by atoms with E-state index in [-0.39, 0.29) is 12.8 Å². The van der Waals surface area contributed by atoms with Crippen molar-refractivity contribution in [1.29, 1.82) is 0 Å². The second kappa shape index (κ2) is 13.4. The van der Waals surface area contributed by atoms with E-state index >= 15 is 0 Å². The molecule has 3 unspecified atom stereocenters. The number of primary amides is 1. The van der Waals surface area contributed by atoms with Crippen molar-refractivity contribution >= 4 is 29.6 Å². The van der Waals surface area contributed by atoms with Gasteiger partial charge in [0, 0.05) is 6.42 Å². The van der Waals surface area contributed by atoms with Crippen LogP contribution in [0.4, 0.5) is 0 Å². The van der Waals surface area contributed by atoms with Crippen LogP contribution in [0.1, 0.15) is 39.0 Å². The summed E-state index contributed by atoms with van der Waals surface area (Å²) in [6, 6.07) is -3.16. The lowest BCUT2D eigenvalue weighted by Gasteiger charge is -2.20. The molecule has 0 radical (unpaired) electrons. The topological polar surface area (TPSA) is 220 Å². The number of carbonyl (C=O) groups excluding carboxylic acids is 4. The molecule has 0 heterocycles. The van der Waals surface area contributed by atoms with Crippen LogP contribution in [0.2, 0.25) is 0 Å². The van der Waals surface area contributed by atoms with Gasteiger partial charge in [-0.25, -0.2) is 0 Å². The van der Waals surface area contributed by atoms with Crippen LogP contribution in [0.3, 0.4) is 0 Å². The Balaban J connectivity index is 4.64. The van der Waals surface area contributed by atoms with Gasteiger partial charge in [0.2, 0.25) is 23.6 Å². The van der Waals surface area contributed by atoms with E-state index in [1.165, 1.54) is 6.92 Å². The Morgan fingerprint density at radius 3 is 2.18 bits per heavy atom. The summed E-state index contributed by atoms with van der Waals surface area (Å²) in [6.07, 6.45) is 1.51. The van der Waals surface area contributed by atoms with E-state index in [1.54, 1.807) is 0 Å². The molecule has 3 atom stereocenters. The number of aliphatic carboxylic acids is 1. The van der Waals surface area contributed by atoms with Crippen molar-refractivity contribution in [2.24, 2.45) is 17.2 Å². The molecule has 28 heavy (non-hydrogen) atoms. The van der Waals surface area contributed by atoms with Gasteiger partial charge in [-0.3, -0.25) is 24.0 Å². The summed E-state index contributed by atoms with van der Waals surface area (Å²) in [5, 5.41) is 15.7. The van der Waals surface area contributed by atoms with E-state index in [0.717, 1.165) is 6.42 Å². The Kier molecular flexibility index (Phi) is 12.1. The van der Waals surface area contributed by atoms with Gasteiger partial charge >= 0.3 is 5.97 Å². The number of hydrogen-bond donors (Lipinski definition) is 7. The molecule has 0 aliphatic heterocycles. The van der Waals surface area contributed by atoms with Crippen molar-refractivity contribution in [2.75, 3.05) is 13.1 Å². The van der Waals surface area contributed by atoms with Crippen LogP contribution in [0.5, 0.6) is 0 Å². The normalized spacial score (nSPS) is 13.7. The highest BCUT2D eigenvalue weighted by atomic mass is 16.4. The van der Waals surface area contributed by atoms with Crippen molar-refractivity contribution < 1.29 is 29.1 Å². The summed E-state index contributed by atoms with van der Waals surface area (Å²) in [4.78, 5) is 57.8. The summed E-state index contributed by atoms with van der Waals surface area (Å²) in [5.74, 6) is -3.95. The van der Waals surface area contributed by atoms with Crippen molar-refractivity contribution in [3.8, 4) is 0 Å². The summed E-state index contributed by atoms with van der Waals surface area (Å²) in [5.41, 5.74) is 16.1. The highest BCUT2D eigenvalue weighted by molar-refractivity contribution is 5.92. The molecule has 12 heteroatoms. The maximum Gasteiger partial charge on any atom is 0.325 e. The third-order valence-corrected chi connectivity index (χ3v) is 3.79. The first-order valence-electron chi connectivity index (χ1n) is 8.92. The average Bonchev–Trinajstić information content (AvgIpc) is 2.62. The summed E-state index contributed by atoms with van der Waals surface area (Å²) < 4.78 is 0. The lowest BCUT2D eigenvalue weighted by atomic mass is 10.1. The SMILES string of the molecule is CC(NC(=O)C(CCC(N)=O)NC(=O)CNC(=O)C(N)CCCCN)C(=O)O. The van der Waals surface area contributed by atoms with E-state index < -0.39 is 54.3 Å². The minimum atomic E-state index is -1.26. The zero-order chi connectivity index (χ0) is 21.7. The second-order valence-corrected chi connectivity index (χ2v) is 6.30. The van der Waals surface area contributed by atoms with Gasteiger partial charge in [-0.1, -0.05) is 6.42 Å². The number of carboxylic acid groups (broad SMARTS) is 1. The smallest absolute Gasteiger partial charge is 0.325 e. The quantitative estimate of drug-likeness (QED) is 0.147. The number of carboxylic acids is 1. The lowest BCUT2D eigenvalue weighted by molar-refractivity contribution is -0.141. The molecule has 0 bridgehead atoms. The minimum Gasteiger partial charge on any atom is -0.480 e. The molecule has 10 N–H and O–H groups in total. The maximum atomic E-state index is 12.1. The van der Waals surface area contributed by atoms with Gasteiger partial charge in [-0.15, -0.1) is 0 Å². The Morgan fingerprint density at radius 1 is 1.00 bits per heavy atom. The van der Waals surface area contributed by atoms with Crippen LogP contribution in [0.25, 0.3) is 0 Å². The van der Waals surface area contributed by atoms with Crippen LogP contribution in [-0.2, 0) is 24.0 Å². The number of amides is 4. The van der Waals surface area contributed by atoms with Crippen LogP contribution in [0.15, 0.2) is 0 Å². The van der Waals surface area contributed by atoms with E-state index in [1.807, 2.05) is 0 Å². The van der Waals surface area contributed by atoms with E-state index in [4.69, 9.17) is 22.3 Å². The van der Waals surface area contributed by atoms with Crippen LogP contribution in [0, 0.1) is 0 Å². The predicted octanol–water partition coefficient (Wildman–Crippen LogP) is -3.10. The fourth-order valence-electron chi connectivity index (χ4n) is 2.11. The van der Waals surface area contributed by atoms with E-state index in [9.17, 15) is 24.0 Å². The van der Waals surface area contributed by atoms with Crippen molar-refractivity contribution in [3.05, 3.63) is 0 Å². The first kappa shape index (κ1) is 25.3. The van der Waals surface area contributed by atoms with Gasteiger partial charge in [-0.05, 0) is 32.7 Å². The lowest BCUT2D eigenvalue weighted by Crippen LogP contribution is -2.53. The van der Waals surface area contributed by atoms with Gasteiger partial charge in [0.05, 0.1) is 12.6 Å². The van der Waals surface area contributed by atoms with Gasteiger partial charge in [0.15, 0.2) is 0 Å². The van der Waals surface area contributed by atoms with Crippen molar-refractivity contribution in [1.82, 2.24) is 16.0 Å². The second-order valence-electron chi connectivity index (χ2n) is 6.30. The van der Waals surface area contributed by atoms with Gasteiger partial charge in [0.1, 0.15) is 12.1 Å². The standard InChI is InChI=1S/C16H30N6O6/c1-9(16(27)28)21-15(26)11(5-6-12(19)23)22-13(24)8-20-14(25)10(18)4-2-3-7-17/h9-11H,2-8,17-18H2,1H3,(H2,19,23)(H,20,25)(H,21,26)(H,22,24)(H,27,28). The van der Waals surface area contributed by atoms with Crippen molar-refractivity contribution in [2.45, 2.75) is 57.2 Å². The van der Waals surface area contributed by atoms with Crippen LogP contribution >= 0.6 is 0 Å². The molecule has 0 fully saturated rings. The molecular formula is C16H30N6O6. The molecule has 0 saturated heterocycles. The fourth-order valence-corrected chi connectivity index (χ4v) is 2.11. The van der Waals surface area contributed by atoms with E-state index in [0.29, 0.717) is 19.4 Å². The summed E-state index contributed by atoms with van der Waals surface area (Å²) in [7, 11) is 0. The molecule has 4 amide bonds. The molecular weight excluding hydrogens is 372 g/mol. The van der Waals surface area contributed by atoms with Crippen LogP contribution < -0.4 is 33.2 Å². The molecule has 0 aromatic rings. The Bertz CT molecular complexity index is 570. The number of carbonyl (C=O) groups is 5. The number of hydrogen-bond acceptors (Lipinski definition) is 7. The average molecular weight is 402 g/mol. The fraction of sp³-hybridized carbons (Fsp3) is 0.688. The van der Waals surface area contributed by atoms with Crippen molar-refractivity contribution in [3.63, 3.8) is 0 Å². The van der Waals surface area contributed by atoms with E-state index in [2.05, 4.69) is 16.0 Å². The molecule has 0 aromatic heterocycles. The third kappa shape index (κ3) is 11.1. The Morgan fingerprint density at radius 2 is 1.64 bits per heavy atom. The molecule has 12 nitrogen and oxygen atoms in total. The molecule has 0 aliphatic carbocycles. The number of nitrogens with one attached hydrogen (secondary N) is 3. The Labute approximate surface area is 162 Å². The molecule has 0 saturated carbocycles. The highest BCUT2D eigenvalue weighted by Crippen LogP contribution is 2.00. The van der Waals surface area contributed by atoms with Gasteiger partial charge in [-0.2, -0.15) is 0 Å². The molecule has 160 valence electrons. The molecule has 0 aliphatic rings. The summed E-state index contributed by atoms with van der Waals surface area (Å²) in [6.45, 7) is 1.31. The minimum absolute atomic E-state index is 0.119. The monoisotopic (exact) mass is 402 g/mol.